The molecular formula is C22H22F8N4O4. The third-order valence-electron chi connectivity index (χ3n) is 5.93. The van der Waals surface area contributed by atoms with Crippen LogP contribution in [0.4, 0.5) is 46.5 Å². The number of alkyl halides is 8. The molecule has 1 aliphatic carbocycles. The molecule has 1 unspecified atom stereocenters. The van der Waals surface area contributed by atoms with Gasteiger partial charge in [-0.3, -0.25) is 24.1 Å². The summed E-state index contributed by atoms with van der Waals surface area (Å²) in [7, 11) is 0. The van der Waals surface area contributed by atoms with Crippen LogP contribution in [0.2, 0.25) is 0 Å². The number of halogens is 8. The molecule has 0 radical (unpaired) electrons. The monoisotopic (exact) mass is 558 g/mol. The van der Waals surface area contributed by atoms with E-state index in [0.717, 1.165) is 11.8 Å². The van der Waals surface area contributed by atoms with E-state index in [1.807, 2.05) is 5.32 Å². The van der Waals surface area contributed by atoms with Crippen LogP contribution in [-0.4, -0.2) is 67.6 Å². The number of anilines is 2. The van der Waals surface area contributed by atoms with Gasteiger partial charge in [0.05, 0.1) is 24.5 Å². The summed E-state index contributed by atoms with van der Waals surface area (Å²) in [5.74, 6) is -12.3. The standard InChI is InChI=1S/C22H22F8N4O4/c1-11(16(35)31-9-20(23,24)22(28,29)30)17(36)32-13-8-33(18(37)12-6-7-12)14-4-2-3-5-15(14)34(19(13)38)10-21(25,26)27/h2-5,11-13H,6-10H2,1H3,(H,31,35)(H,32,36)/t11?,13-/m0/s1. The Morgan fingerprint density at radius 3 is 2.08 bits per heavy atom. The number of rotatable bonds is 7. The highest BCUT2D eigenvalue weighted by Gasteiger charge is 2.57. The van der Waals surface area contributed by atoms with E-state index in [2.05, 4.69) is 0 Å². The van der Waals surface area contributed by atoms with Crippen molar-refractivity contribution in [3.05, 3.63) is 24.3 Å². The predicted molar refractivity (Wildman–Crippen MR) is 115 cm³/mol. The predicted octanol–water partition coefficient (Wildman–Crippen LogP) is 2.77. The van der Waals surface area contributed by atoms with E-state index in [1.165, 1.54) is 29.6 Å². The number of fused-ring (bicyclic) bond motifs is 1. The molecule has 2 aliphatic rings. The summed E-state index contributed by atoms with van der Waals surface area (Å²) in [5.41, 5.74) is -0.264. The molecule has 2 N–H and O–H groups in total. The Morgan fingerprint density at radius 2 is 1.55 bits per heavy atom. The van der Waals surface area contributed by atoms with Gasteiger partial charge in [0, 0.05) is 5.92 Å². The Labute approximate surface area is 210 Å². The molecule has 210 valence electrons. The van der Waals surface area contributed by atoms with Crippen LogP contribution in [0.1, 0.15) is 19.8 Å². The van der Waals surface area contributed by atoms with Gasteiger partial charge < -0.3 is 15.5 Å². The van der Waals surface area contributed by atoms with Crippen molar-refractivity contribution in [3.8, 4) is 0 Å². The Morgan fingerprint density at radius 1 is 0.974 bits per heavy atom. The third-order valence-corrected chi connectivity index (χ3v) is 5.93. The zero-order valence-corrected chi connectivity index (χ0v) is 19.6. The van der Waals surface area contributed by atoms with E-state index in [4.69, 9.17) is 0 Å². The van der Waals surface area contributed by atoms with Crippen LogP contribution in [-0.2, 0) is 19.2 Å². The minimum absolute atomic E-state index is 0.0149. The molecule has 1 aromatic carbocycles. The van der Waals surface area contributed by atoms with Crippen molar-refractivity contribution in [2.45, 2.75) is 44.1 Å². The number of hydrogen-bond donors (Lipinski definition) is 2. The fourth-order valence-electron chi connectivity index (χ4n) is 3.66. The molecule has 0 saturated heterocycles. The summed E-state index contributed by atoms with van der Waals surface area (Å²) in [4.78, 5) is 52.2. The Bertz CT molecular complexity index is 1100. The molecule has 3 rings (SSSR count). The number of para-hydroxylation sites is 2. The minimum atomic E-state index is -5.97. The van der Waals surface area contributed by atoms with Crippen molar-refractivity contribution >= 4 is 35.0 Å². The lowest BCUT2D eigenvalue weighted by Gasteiger charge is -2.27. The minimum Gasteiger partial charge on any atom is -0.349 e. The van der Waals surface area contributed by atoms with Gasteiger partial charge in [-0.15, -0.1) is 0 Å². The number of hydrogen-bond acceptors (Lipinski definition) is 4. The van der Waals surface area contributed by atoms with E-state index in [9.17, 15) is 54.3 Å². The number of amides is 4. The van der Waals surface area contributed by atoms with Gasteiger partial charge in [0.25, 0.3) is 5.91 Å². The molecule has 0 bridgehead atoms. The van der Waals surface area contributed by atoms with Gasteiger partial charge in [-0.05, 0) is 31.9 Å². The molecule has 8 nitrogen and oxygen atoms in total. The molecule has 1 saturated carbocycles. The summed E-state index contributed by atoms with van der Waals surface area (Å²) in [6, 6.07) is 3.49. The van der Waals surface area contributed by atoms with Crippen molar-refractivity contribution in [3.63, 3.8) is 0 Å². The second-order valence-electron chi connectivity index (χ2n) is 8.95. The first-order valence-corrected chi connectivity index (χ1v) is 11.2. The second kappa shape index (κ2) is 10.4. The SMILES string of the molecule is CC(C(=O)NCC(F)(F)C(F)(F)F)C(=O)N[C@H]1CN(C(=O)C2CC2)c2ccccc2N(CC(F)(F)F)C1=O. The number of carbonyl (C=O) groups is 4. The summed E-state index contributed by atoms with van der Waals surface area (Å²) in [6.45, 7) is -3.70. The maximum Gasteiger partial charge on any atom is 0.455 e. The topological polar surface area (TPSA) is 98.8 Å². The zero-order valence-electron chi connectivity index (χ0n) is 19.6. The largest absolute Gasteiger partial charge is 0.455 e. The van der Waals surface area contributed by atoms with Gasteiger partial charge in [0.1, 0.15) is 18.5 Å². The molecule has 1 heterocycles. The van der Waals surface area contributed by atoms with Crippen LogP contribution in [0.25, 0.3) is 0 Å². The van der Waals surface area contributed by atoms with Gasteiger partial charge in [-0.25, -0.2) is 0 Å². The highest BCUT2D eigenvalue weighted by Crippen LogP contribution is 2.39. The maximum atomic E-state index is 13.4. The van der Waals surface area contributed by atoms with Gasteiger partial charge in [-0.1, -0.05) is 12.1 Å². The molecule has 38 heavy (non-hydrogen) atoms. The van der Waals surface area contributed by atoms with Crippen molar-refractivity contribution < 1.29 is 54.3 Å². The fraction of sp³-hybridized carbons (Fsp3) is 0.545. The van der Waals surface area contributed by atoms with Crippen molar-refractivity contribution in [1.82, 2.24) is 10.6 Å². The van der Waals surface area contributed by atoms with Crippen LogP contribution in [0, 0.1) is 11.8 Å². The lowest BCUT2D eigenvalue weighted by molar-refractivity contribution is -0.278. The molecule has 1 fully saturated rings. The van der Waals surface area contributed by atoms with E-state index in [0.29, 0.717) is 17.7 Å². The maximum absolute atomic E-state index is 13.4. The smallest absolute Gasteiger partial charge is 0.349 e. The first kappa shape index (κ1) is 29.1. The molecule has 1 aromatic rings. The van der Waals surface area contributed by atoms with Gasteiger partial charge in [-0.2, -0.15) is 35.1 Å². The average molecular weight is 558 g/mol. The van der Waals surface area contributed by atoms with Gasteiger partial charge in [0.2, 0.25) is 17.7 Å². The molecule has 2 atom stereocenters. The third kappa shape index (κ3) is 6.51. The first-order valence-electron chi connectivity index (χ1n) is 11.2. The molecule has 1 aliphatic heterocycles. The Balaban J connectivity index is 1.85. The summed E-state index contributed by atoms with van der Waals surface area (Å²) in [6.07, 6.45) is -9.83. The van der Waals surface area contributed by atoms with Gasteiger partial charge >= 0.3 is 18.3 Å². The molecular weight excluding hydrogens is 536 g/mol. The zero-order chi connectivity index (χ0) is 28.6. The number of carbonyl (C=O) groups excluding carboxylic acids is 4. The normalized spacial score (nSPS) is 19.4. The molecule has 0 aromatic heterocycles. The molecule has 0 spiro atoms. The van der Waals surface area contributed by atoms with E-state index < -0.39 is 79.4 Å². The Hall–Kier alpha value is -3.46. The Kier molecular flexibility index (Phi) is 7.94. The van der Waals surface area contributed by atoms with E-state index >= 15 is 0 Å². The fourth-order valence-corrected chi connectivity index (χ4v) is 3.66. The van der Waals surface area contributed by atoms with E-state index in [-0.39, 0.29) is 11.4 Å². The van der Waals surface area contributed by atoms with Crippen molar-refractivity contribution in [2.75, 3.05) is 29.4 Å². The quantitative estimate of drug-likeness (QED) is 0.397. The highest BCUT2D eigenvalue weighted by atomic mass is 19.4. The first-order chi connectivity index (χ1) is 17.4. The summed E-state index contributed by atoms with van der Waals surface area (Å²) < 4.78 is 103. The van der Waals surface area contributed by atoms with Crippen molar-refractivity contribution in [1.29, 1.82) is 0 Å². The van der Waals surface area contributed by atoms with Crippen molar-refractivity contribution in [2.24, 2.45) is 11.8 Å². The molecule has 16 heteroatoms. The van der Waals surface area contributed by atoms with Crippen LogP contribution in [0.3, 0.4) is 0 Å². The number of benzene rings is 1. The van der Waals surface area contributed by atoms with Crippen LogP contribution >= 0.6 is 0 Å². The summed E-state index contributed by atoms with van der Waals surface area (Å²) >= 11 is 0. The van der Waals surface area contributed by atoms with E-state index in [1.54, 1.807) is 0 Å². The molecule has 4 amide bonds. The number of nitrogens with zero attached hydrogens (tertiary/aromatic N) is 2. The number of nitrogens with one attached hydrogen (secondary N) is 2. The lowest BCUT2D eigenvalue weighted by Crippen LogP contribution is -2.56. The summed E-state index contributed by atoms with van der Waals surface area (Å²) in [5, 5.41) is 3.35. The average Bonchev–Trinajstić information content (AvgIpc) is 3.66. The van der Waals surface area contributed by atoms with Crippen LogP contribution in [0.5, 0.6) is 0 Å². The lowest BCUT2D eigenvalue weighted by atomic mass is 10.1. The highest BCUT2D eigenvalue weighted by molar-refractivity contribution is 6.09. The second-order valence-corrected chi connectivity index (χ2v) is 8.95. The van der Waals surface area contributed by atoms with Gasteiger partial charge in [0.15, 0.2) is 0 Å². The van der Waals surface area contributed by atoms with Crippen LogP contribution in [0.15, 0.2) is 24.3 Å². The van der Waals surface area contributed by atoms with Crippen LogP contribution < -0.4 is 20.4 Å².